The lowest BCUT2D eigenvalue weighted by molar-refractivity contribution is -0.0505. The van der Waals surface area contributed by atoms with Crippen molar-refractivity contribution in [3.05, 3.63) is 54.1 Å². The number of nitrogens with one attached hydrogen (secondary N) is 1. The number of piperidine rings is 1. The standard InChI is InChI=1S/C22H27F2N3O3/c1-25-22(26-15-16-8-9-19(28-2)14-20(16)30-21(23)24)27-12-10-18(11-13-27)29-17-6-4-3-5-7-17/h3-9,14,18,21H,10-13,15H2,1-2H3,(H,25,26). The number of ether oxygens (including phenoxy) is 3. The quantitative estimate of drug-likeness (QED) is 0.545. The Hall–Kier alpha value is -3.03. The van der Waals surface area contributed by atoms with Gasteiger partial charge in [0.15, 0.2) is 5.96 Å². The summed E-state index contributed by atoms with van der Waals surface area (Å²) >= 11 is 0. The predicted molar refractivity (Wildman–Crippen MR) is 111 cm³/mol. The second kappa shape index (κ2) is 10.7. The molecule has 8 heteroatoms. The van der Waals surface area contributed by atoms with Crippen LogP contribution in [-0.4, -0.2) is 50.8 Å². The van der Waals surface area contributed by atoms with E-state index in [0.717, 1.165) is 31.7 Å². The number of para-hydroxylation sites is 1. The molecule has 2 aromatic rings. The number of hydrogen-bond donors (Lipinski definition) is 1. The van der Waals surface area contributed by atoms with E-state index in [4.69, 9.17) is 9.47 Å². The van der Waals surface area contributed by atoms with Gasteiger partial charge >= 0.3 is 6.61 Å². The maximum absolute atomic E-state index is 12.8. The molecule has 0 unspecified atom stereocenters. The average Bonchev–Trinajstić information content (AvgIpc) is 2.76. The van der Waals surface area contributed by atoms with Crippen LogP contribution in [0.3, 0.4) is 0 Å². The lowest BCUT2D eigenvalue weighted by Crippen LogP contribution is -2.47. The van der Waals surface area contributed by atoms with Gasteiger partial charge in [-0.3, -0.25) is 4.99 Å². The minimum Gasteiger partial charge on any atom is -0.497 e. The van der Waals surface area contributed by atoms with Crippen molar-refractivity contribution in [3.63, 3.8) is 0 Å². The topological polar surface area (TPSA) is 55.3 Å². The summed E-state index contributed by atoms with van der Waals surface area (Å²) in [4.78, 5) is 6.48. The number of aliphatic imine (C=N–C) groups is 1. The molecule has 0 aliphatic carbocycles. The fourth-order valence-corrected chi connectivity index (χ4v) is 3.40. The molecule has 0 amide bonds. The summed E-state index contributed by atoms with van der Waals surface area (Å²) in [7, 11) is 3.19. The molecule has 0 spiro atoms. The summed E-state index contributed by atoms with van der Waals surface area (Å²) in [6, 6.07) is 14.7. The van der Waals surface area contributed by atoms with Crippen LogP contribution in [0.5, 0.6) is 17.2 Å². The molecule has 0 bridgehead atoms. The summed E-state index contributed by atoms with van der Waals surface area (Å²) < 4.78 is 41.3. The molecular formula is C22H27F2N3O3. The molecule has 3 rings (SSSR count). The van der Waals surface area contributed by atoms with Crippen molar-refractivity contribution >= 4 is 5.96 Å². The van der Waals surface area contributed by atoms with Gasteiger partial charge in [0.05, 0.1) is 7.11 Å². The molecule has 1 aliphatic heterocycles. The average molecular weight is 419 g/mol. The first-order valence-corrected chi connectivity index (χ1v) is 9.88. The maximum Gasteiger partial charge on any atom is 0.387 e. The first kappa shape index (κ1) is 21.7. The second-order valence-electron chi connectivity index (χ2n) is 6.87. The molecule has 2 aromatic carbocycles. The van der Waals surface area contributed by atoms with E-state index in [1.807, 2.05) is 30.3 Å². The highest BCUT2D eigenvalue weighted by Gasteiger charge is 2.23. The molecule has 0 atom stereocenters. The Morgan fingerprint density at radius 3 is 2.50 bits per heavy atom. The zero-order valence-corrected chi connectivity index (χ0v) is 17.2. The highest BCUT2D eigenvalue weighted by atomic mass is 19.3. The van der Waals surface area contributed by atoms with Crippen LogP contribution in [0.4, 0.5) is 8.78 Å². The Kier molecular flexibility index (Phi) is 7.70. The molecule has 162 valence electrons. The Labute approximate surface area is 175 Å². The van der Waals surface area contributed by atoms with Gasteiger partial charge < -0.3 is 24.4 Å². The first-order valence-electron chi connectivity index (χ1n) is 9.88. The number of likely N-dealkylation sites (tertiary alicyclic amines) is 1. The Balaban J connectivity index is 1.55. The molecular weight excluding hydrogens is 392 g/mol. The lowest BCUT2D eigenvalue weighted by atomic mass is 10.1. The van der Waals surface area contributed by atoms with Gasteiger partial charge in [-0.25, -0.2) is 0 Å². The van der Waals surface area contributed by atoms with Crippen LogP contribution >= 0.6 is 0 Å². The third-order valence-electron chi connectivity index (χ3n) is 4.93. The predicted octanol–water partition coefficient (Wildman–Crippen LogP) is 3.92. The highest BCUT2D eigenvalue weighted by Crippen LogP contribution is 2.26. The maximum atomic E-state index is 12.8. The molecule has 1 aliphatic rings. The molecule has 30 heavy (non-hydrogen) atoms. The molecule has 0 radical (unpaired) electrons. The van der Waals surface area contributed by atoms with E-state index in [9.17, 15) is 8.78 Å². The number of rotatable bonds is 7. The number of methoxy groups -OCH3 is 1. The first-order chi connectivity index (χ1) is 14.6. The van der Waals surface area contributed by atoms with Gasteiger partial charge in [0, 0.05) is 51.2 Å². The van der Waals surface area contributed by atoms with Crippen molar-refractivity contribution in [1.29, 1.82) is 0 Å². The minimum absolute atomic E-state index is 0.0854. The lowest BCUT2D eigenvalue weighted by Gasteiger charge is -2.34. The van der Waals surface area contributed by atoms with E-state index in [2.05, 4.69) is 19.9 Å². The van der Waals surface area contributed by atoms with E-state index >= 15 is 0 Å². The van der Waals surface area contributed by atoms with Crippen molar-refractivity contribution in [3.8, 4) is 17.2 Å². The number of guanidine groups is 1. The normalized spacial score (nSPS) is 15.2. The molecule has 1 heterocycles. The van der Waals surface area contributed by atoms with Crippen molar-refractivity contribution in [2.24, 2.45) is 4.99 Å². The van der Waals surface area contributed by atoms with E-state index < -0.39 is 6.61 Å². The van der Waals surface area contributed by atoms with E-state index in [1.165, 1.54) is 13.2 Å². The van der Waals surface area contributed by atoms with E-state index in [1.54, 1.807) is 19.2 Å². The monoisotopic (exact) mass is 419 g/mol. The van der Waals surface area contributed by atoms with Crippen LogP contribution in [0.1, 0.15) is 18.4 Å². The number of alkyl halides is 2. The summed E-state index contributed by atoms with van der Waals surface area (Å²) in [5.41, 5.74) is 0.597. The van der Waals surface area contributed by atoms with Crippen LogP contribution < -0.4 is 19.5 Å². The van der Waals surface area contributed by atoms with Crippen LogP contribution in [-0.2, 0) is 6.54 Å². The van der Waals surface area contributed by atoms with Gasteiger partial charge in [0.1, 0.15) is 23.4 Å². The van der Waals surface area contributed by atoms with Gasteiger partial charge in [-0.1, -0.05) is 18.2 Å². The fourth-order valence-electron chi connectivity index (χ4n) is 3.40. The molecule has 1 fully saturated rings. The number of nitrogens with zero attached hydrogens (tertiary/aromatic N) is 2. The van der Waals surface area contributed by atoms with Crippen molar-refractivity contribution < 1.29 is 23.0 Å². The van der Waals surface area contributed by atoms with Crippen LogP contribution in [0.25, 0.3) is 0 Å². The number of hydrogen-bond acceptors (Lipinski definition) is 4. The Morgan fingerprint density at radius 2 is 1.87 bits per heavy atom. The fraction of sp³-hybridized carbons (Fsp3) is 0.409. The highest BCUT2D eigenvalue weighted by molar-refractivity contribution is 5.80. The molecule has 6 nitrogen and oxygen atoms in total. The van der Waals surface area contributed by atoms with Crippen LogP contribution in [0.2, 0.25) is 0 Å². The van der Waals surface area contributed by atoms with Gasteiger partial charge in [0.2, 0.25) is 0 Å². The molecule has 0 aromatic heterocycles. The van der Waals surface area contributed by atoms with Crippen molar-refractivity contribution in [1.82, 2.24) is 10.2 Å². The minimum atomic E-state index is -2.90. The van der Waals surface area contributed by atoms with Crippen molar-refractivity contribution in [2.75, 3.05) is 27.2 Å². The molecule has 1 N–H and O–H groups in total. The number of benzene rings is 2. The summed E-state index contributed by atoms with van der Waals surface area (Å²) in [6.45, 7) is -1.02. The second-order valence-corrected chi connectivity index (χ2v) is 6.87. The van der Waals surface area contributed by atoms with Gasteiger partial charge in [-0.2, -0.15) is 8.78 Å². The zero-order chi connectivity index (χ0) is 21.3. The third kappa shape index (κ3) is 5.98. The smallest absolute Gasteiger partial charge is 0.387 e. The third-order valence-corrected chi connectivity index (χ3v) is 4.93. The van der Waals surface area contributed by atoms with Crippen molar-refractivity contribution in [2.45, 2.75) is 32.1 Å². The summed E-state index contributed by atoms with van der Waals surface area (Å²) in [5.74, 6) is 2.14. The largest absolute Gasteiger partial charge is 0.497 e. The van der Waals surface area contributed by atoms with Crippen LogP contribution in [0.15, 0.2) is 53.5 Å². The molecule has 1 saturated heterocycles. The van der Waals surface area contributed by atoms with Gasteiger partial charge in [0.25, 0.3) is 0 Å². The van der Waals surface area contributed by atoms with Crippen LogP contribution in [0, 0.1) is 0 Å². The van der Waals surface area contributed by atoms with Gasteiger partial charge in [-0.15, -0.1) is 0 Å². The summed E-state index contributed by atoms with van der Waals surface area (Å²) in [5, 5.41) is 3.24. The SMILES string of the molecule is CN=C(NCc1ccc(OC)cc1OC(F)F)N1CCC(Oc2ccccc2)CC1. The van der Waals surface area contributed by atoms with E-state index in [0.29, 0.717) is 23.8 Å². The number of halogens is 2. The Bertz CT molecular complexity index is 826. The molecule has 0 saturated carbocycles. The summed E-state index contributed by atoms with van der Waals surface area (Å²) in [6.07, 6.45) is 1.91. The Morgan fingerprint density at radius 1 is 1.13 bits per heavy atom. The zero-order valence-electron chi connectivity index (χ0n) is 17.2. The van der Waals surface area contributed by atoms with Gasteiger partial charge in [-0.05, 0) is 24.3 Å². The van der Waals surface area contributed by atoms with E-state index in [-0.39, 0.29) is 11.9 Å².